The summed E-state index contributed by atoms with van der Waals surface area (Å²) in [5.41, 5.74) is 3.70. The molecule has 0 fully saturated rings. The van der Waals surface area contributed by atoms with Gasteiger partial charge in [0.15, 0.2) is 5.75 Å². The number of nitrogens with zero attached hydrogens (tertiary/aromatic N) is 4. The lowest BCUT2D eigenvalue weighted by atomic mass is 10.00. The number of phenolic OH excluding ortho intramolecular Hbond substituents is 2. The third kappa shape index (κ3) is 2.90. The van der Waals surface area contributed by atoms with Gasteiger partial charge < -0.3 is 10.2 Å². The summed E-state index contributed by atoms with van der Waals surface area (Å²) in [4.78, 5) is 15.5. The van der Waals surface area contributed by atoms with Crippen molar-refractivity contribution in [1.82, 2.24) is 14.6 Å². The monoisotopic (exact) mass is 436 g/mol. The average molecular weight is 437 g/mol. The number of pyridine rings is 1. The van der Waals surface area contributed by atoms with E-state index in [1.807, 2.05) is 20.8 Å². The highest BCUT2D eigenvalue weighted by Gasteiger charge is 2.24. The summed E-state index contributed by atoms with van der Waals surface area (Å²) >= 11 is 4.59. The molecule has 26 heavy (non-hydrogen) atoms. The molecule has 8 nitrogen and oxygen atoms in total. The number of rotatable bonds is 3. The van der Waals surface area contributed by atoms with Crippen LogP contribution in [0.5, 0.6) is 11.5 Å². The van der Waals surface area contributed by atoms with Crippen molar-refractivity contribution in [1.29, 1.82) is 0 Å². The fourth-order valence-corrected chi connectivity index (χ4v) is 4.27. The fourth-order valence-electron chi connectivity index (χ4n) is 2.59. The van der Waals surface area contributed by atoms with Crippen LogP contribution in [-0.4, -0.2) is 29.7 Å². The van der Waals surface area contributed by atoms with Crippen molar-refractivity contribution < 1.29 is 15.1 Å². The average Bonchev–Trinajstić information content (AvgIpc) is 3.04. The molecule has 0 saturated carbocycles. The largest absolute Gasteiger partial charge is 0.504 e. The molecule has 3 aromatic rings. The molecular formula is C16H13BrN4O4S. The van der Waals surface area contributed by atoms with Crippen LogP contribution in [0.3, 0.4) is 0 Å². The molecule has 2 heterocycles. The molecule has 1 aromatic carbocycles. The molecule has 0 spiro atoms. The number of benzene rings is 1. The number of hydrogen-bond acceptors (Lipinski definition) is 8. The summed E-state index contributed by atoms with van der Waals surface area (Å²) in [6, 6.07) is 2.38. The van der Waals surface area contributed by atoms with E-state index in [9.17, 15) is 20.3 Å². The predicted octanol–water partition coefficient (Wildman–Crippen LogP) is 4.27. The first kappa shape index (κ1) is 18.2. The van der Waals surface area contributed by atoms with Gasteiger partial charge in [-0.2, -0.15) is 0 Å². The highest BCUT2D eigenvalue weighted by molar-refractivity contribution is 9.10. The fraction of sp³-hybridized carbons (Fsp3) is 0.188. The van der Waals surface area contributed by atoms with Crippen LogP contribution in [0.4, 0.5) is 5.69 Å². The first-order valence-electron chi connectivity index (χ1n) is 7.39. The Morgan fingerprint density at radius 1 is 1.19 bits per heavy atom. The highest BCUT2D eigenvalue weighted by Crippen LogP contribution is 2.44. The van der Waals surface area contributed by atoms with Crippen molar-refractivity contribution in [3.05, 3.63) is 43.7 Å². The van der Waals surface area contributed by atoms with Crippen molar-refractivity contribution >= 4 is 33.1 Å². The molecule has 3 rings (SSSR count). The van der Waals surface area contributed by atoms with Gasteiger partial charge in [0.1, 0.15) is 10.3 Å². The van der Waals surface area contributed by atoms with E-state index in [-0.39, 0.29) is 5.56 Å². The van der Waals surface area contributed by atoms with Crippen LogP contribution in [0.15, 0.2) is 16.7 Å². The second kappa shape index (κ2) is 6.61. The molecule has 0 atom stereocenters. The van der Waals surface area contributed by atoms with E-state index in [1.165, 1.54) is 6.07 Å². The Hall–Kier alpha value is -2.59. The number of nitro benzene ring substituents is 1. The summed E-state index contributed by atoms with van der Waals surface area (Å²) in [5, 5.41) is 34.7. The van der Waals surface area contributed by atoms with E-state index in [4.69, 9.17) is 0 Å². The van der Waals surface area contributed by atoms with Gasteiger partial charge in [-0.1, -0.05) is 4.49 Å². The van der Waals surface area contributed by atoms with Gasteiger partial charge in [-0.3, -0.25) is 10.1 Å². The lowest BCUT2D eigenvalue weighted by molar-refractivity contribution is -0.385. The van der Waals surface area contributed by atoms with Crippen molar-refractivity contribution in [2.45, 2.75) is 20.8 Å². The number of halogens is 1. The number of nitro groups is 1. The topological polar surface area (TPSA) is 122 Å². The summed E-state index contributed by atoms with van der Waals surface area (Å²) in [6.07, 6.45) is 0. The molecule has 0 radical (unpaired) electrons. The Morgan fingerprint density at radius 3 is 2.54 bits per heavy atom. The van der Waals surface area contributed by atoms with Crippen LogP contribution in [0.2, 0.25) is 0 Å². The number of aryl methyl sites for hydroxylation is 1. The second-order valence-electron chi connectivity index (χ2n) is 5.68. The molecule has 0 amide bonds. The van der Waals surface area contributed by atoms with Crippen molar-refractivity contribution in [3.63, 3.8) is 0 Å². The van der Waals surface area contributed by atoms with Gasteiger partial charge in [-0.15, -0.1) is 5.10 Å². The number of aromatic nitrogens is 3. The zero-order valence-corrected chi connectivity index (χ0v) is 16.3. The van der Waals surface area contributed by atoms with E-state index in [1.54, 1.807) is 0 Å². The van der Waals surface area contributed by atoms with E-state index in [2.05, 4.69) is 30.5 Å². The smallest absolute Gasteiger partial charge is 0.315 e. The molecule has 0 aliphatic rings. The van der Waals surface area contributed by atoms with Crippen molar-refractivity contribution in [3.8, 4) is 33.2 Å². The number of aromatic hydroxyl groups is 2. The van der Waals surface area contributed by atoms with Gasteiger partial charge in [-0.05, 0) is 65.4 Å². The van der Waals surface area contributed by atoms with E-state index >= 15 is 0 Å². The highest BCUT2D eigenvalue weighted by atomic mass is 79.9. The first-order chi connectivity index (χ1) is 12.2. The predicted molar refractivity (Wildman–Crippen MR) is 100 cm³/mol. The molecule has 2 N–H and O–H groups in total. The molecular weight excluding hydrogens is 424 g/mol. The number of hydrogen-bond donors (Lipinski definition) is 2. The summed E-state index contributed by atoms with van der Waals surface area (Å²) in [6.45, 7) is 5.81. The van der Waals surface area contributed by atoms with Crippen molar-refractivity contribution in [2.75, 3.05) is 0 Å². The van der Waals surface area contributed by atoms with Gasteiger partial charge >= 0.3 is 5.69 Å². The Morgan fingerprint density at radius 2 is 1.88 bits per heavy atom. The molecule has 0 bridgehead atoms. The van der Waals surface area contributed by atoms with Gasteiger partial charge in [0, 0.05) is 22.9 Å². The molecule has 0 saturated heterocycles. The number of phenols is 2. The zero-order valence-electron chi connectivity index (χ0n) is 13.9. The molecule has 2 aromatic heterocycles. The minimum absolute atomic E-state index is 0.278. The Kier molecular flexibility index (Phi) is 4.63. The quantitative estimate of drug-likeness (QED) is 0.272. The zero-order chi connectivity index (χ0) is 19.2. The minimum Gasteiger partial charge on any atom is -0.504 e. The summed E-state index contributed by atoms with van der Waals surface area (Å²) < 4.78 is 4.58. The van der Waals surface area contributed by atoms with Gasteiger partial charge in [0.05, 0.1) is 9.80 Å². The van der Waals surface area contributed by atoms with E-state index < -0.39 is 22.1 Å². The first-order valence-corrected chi connectivity index (χ1v) is 8.95. The summed E-state index contributed by atoms with van der Waals surface area (Å²) in [7, 11) is 0. The molecule has 10 heteroatoms. The van der Waals surface area contributed by atoms with Crippen LogP contribution >= 0.6 is 27.5 Å². The maximum Gasteiger partial charge on any atom is 0.315 e. The Balaban J connectivity index is 2.27. The molecule has 0 aliphatic carbocycles. The maximum absolute atomic E-state index is 11.1. The third-order valence-electron chi connectivity index (χ3n) is 4.21. The van der Waals surface area contributed by atoms with Crippen LogP contribution in [0.1, 0.15) is 16.8 Å². The van der Waals surface area contributed by atoms with Gasteiger partial charge in [0.25, 0.3) is 0 Å². The maximum atomic E-state index is 11.1. The SMILES string of the molecule is Cc1nc(Br)c(-c2snnc2-c2cc(O)c(O)c([N+](=O)[O-])c2)c(C)c1C. The van der Waals surface area contributed by atoms with Gasteiger partial charge in [-0.25, -0.2) is 4.98 Å². The summed E-state index contributed by atoms with van der Waals surface area (Å²) in [5.74, 6) is -1.38. The lowest BCUT2D eigenvalue weighted by Gasteiger charge is -2.12. The molecule has 134 valence electrons. The minimum atomic E-state index is -0.784. The van der Waals surface area contributed by atoms with E-state index in [0.29, 0.717) is 15.2 Å². The Labute approximate surface area is 160 Å². The van der Waals surface area contributed by atoms with Crippen LogP contribution in [0.25, 0.3) is 21.7 Å². The second-order valence-corrected chi connectivity index (χ2v) is 7.19. The molecule has 0 aliphatic heterocycles. The van der Waals surface area contributed by atoms with Crippen LogP contribution in [-0.2, 0) is 0 Å². The van der Waals surface area contributed by atoms with Crippen LogP contribution in [0, 0.1) is 30.9 Å². The Bertz CT molecular complexity index is 1050. The lowest BCUT2D eigenvalue weighted by Crippen LogP contribution is -1.97. The van der Waals surface area contributed by atoms with Crippen LogP contribution < -0.4 is 0 Å². The van der Waals surface area contributed by atoms with Gasteiger partial charge in [0.2, 0.25) is 5.75 Å². The van der Waals surface area contributed by atoms with Crippen molar-refractivity contribution in [2.24, 2.45) is 0 Å². The normalized spacial score (nSPS) is 10.9. The van der Waals surface area contributed by atoms with E-state index in [0.717, 1.165) is 40.0 Å². The standard InChI is InChI=1S/C16H13BrN4O4S/c1-6-7(2)12(16(17)18-8(6)3)15-13(19-20-26-15)9-4-10(21(24)25)14(23)11(22)5-9/h4-5,22-23H,1-3H3. The molecule has 0 unspecified atom stereocenters. The third-order valence-corrected chi connectivity index (χ3v) is 5.52.